The van der Waals surface area contributed by atoms with E-state index in [1.807, 2.05) is 0 Å². The summed E-state index contributed by atoms with van der Waals surface area (Å²) in [4.78, 5) is 75.7. The maximum atomic E-state index is 13.5. The van der Waals surface area contributed by atoms with Crippen molar-refractivity contribution in [1.82, 2.24) is 0 Å². The summed E-state index contributed by atoms with van der Waals surface area (Å²) in [6.45, 7) is 0. The Balaban J connectivity index is 1.59. The van der Waals surface area contributed by atoms with Crippen LogP contribution < -0.4 is 5.32 Å². The van der Waals surface area contributed by atoms with Crippen molar-refractivity contribution in [2.24, 2.45) is 0 Å². The fourth-order valence-corrected chi connectivity index (χ4v) is 5.07. The van der Waals surface area contributed by atoms with Gasteiger partial charge in [-0.05, 0) is 12.1 Å². The largest absolute Gasteiger partial charge is 0.354 e. The Morgan fingerprint density at radius 1 is 0.462 bits per heavy atom. The minimum atomic E-state index is -0.769. The highest BCUT2D eigenvalue weighted by Crippen LogP contribution is 2.42. The predicted octanol–water partition coefficient (Wildman–Crippen LogP) is 4.80. The van der Waals surface area contributed by atoms with E-state index in [-0.39, 0.29) is 44.8 Å². The lowest BCUT2D eigenvalue weighted by molar-refractivity contribution is -0.385. The average Bonchev–Trinajstić information content (AvgIpc) is 2.94. The van der Waals surface area contributed by atoms with Crippen molar-refractivity contribution in [2.45, 2.75) is 0 Å². The van der Waals surface area contributed by atoms with Crippen molar-refractivity contribution < 1.29 is 29.0 Å². The van der Waals surface area contributed by atoms with Crippen LogP contribution in [0.15, 0.2) is 72.8 Å². The molecule has 0 unspecified atom stereocenters. The summed E-state index contributed by atoms with van der Waals surface area (Å²) in [5.74, 6) is -2.76. The molecule has 0 aliphatic heterocycles. The first-order valence-electron chi connectivity index (χ1n) is 11.5. The van der Waals surface area contributed by atoms with Gasteiger partial charge in [0.15, 0.2) is 11.6 Å². The molecule has 39 heavy (non-hydrogen) atoms. The van der Waals surface area contributed by atoms with Gasteiger partial charge in [0, 0.05) is 34.4 Å². The topological polar surface area (TPSA) is 167 Å². The number of anilines is 2. The van der Waals surface area contributed by atoms with Crippen LogP contribution in [0.2, 0.25) is 0 Å². The van der Waals surface area contributed by atoms with Crippen LogP contribution in [-0.2, 0) is 0 Å². The van der Waals surface area contributed by atoms with E-state index in [0.717, 1.165) is 12.1 Å². The van der Waals surface area contributed by atoms with Crippen LogP contribution >= 0.6 is 0 Å². The fourth-order valence-electron chi connectivity index (χ4n) is 5.07. The quantitative estimate of drug-likeness (QED) is 0.254. The zero-order chi connectivity index (χ0) is 27.6. The van der Waals surface area contributed by atoms with E-state index >= 15 is 0 Å². The van der Waals surface area contributed by atoms with Gasteiger partial charge in [-0.25, -0.2) is 0 Å². The standard InChI is InChI=1S/C28H13N3O8/c32-25-13-5-1-3-7-15(13)27(34)23-19(30(36)37)11-9-17(21(23)25)29-18-10-12-20(31(38)39)24-22(18)26(33)14-6-2-4-8-16(14)28(24)35/h1-12,29H. The van der Waals surface area contributed by atoms with E-state index in [9.17, 15) is 39.4 Å². The Labute approximate surface area is 218 Å². The predicted molar refractivity (Wildman–Crippen MR) is 136 cm³/mol. The van der Waals surface area contributed by atoms with Crippen LogP contribution in [0.1, 0.15) is 63.7 Å². The SMILES string of the molecule is O=C1c2ccccc2C(=O)c2c([N+](=O)[O-])ccc(Nc3ccc([N+](=O)[O-])c4c3C(=O)c3ccccc3C4=O)c21. The molecule has 1 N–H and O–H groups in total. The first kappa shape index (κ1) is 23.6. The molecule has 0 atom stereocenters. The molecule has 188 valence electrons. The van der Waals surface area contributed by atoms with Crippen molar-refractivity contribution in [1.29, 1.82) is 0 Å². The van der Waals surface area contributed by atoms with Crippen LogP contribution in [0.4, 0.5) is 22.7 Å². The maximum Gasteiger partial charge on any atom is 0.281 e. The first-order valence-corrected chi connectivity index (χ1v) is 11.5. The Bertz CT molecular complexity index is 1740. The molecule has 11 heteroatoms. The third-order valence-corrected chi connectivity index (χ3v) is 6.77. The summed E-state index contributed by atoms with van der Waals surface area (Å²) >= 11 is 0. The van der Waals surface area contributed by atoms with Gasteiger partial charge in [-0.15, -0.1) is 0 Å². The number of ketones is 4. The molecule has 0 fully saturated rings. The van der Waals surface area contributed by atoms with Crippen molar-refractivity contribution in [3.8, 4) is 0 Å². The molecule has 0 aromatic heterocycles. The number of nitrogens with zero attached hydrogens (tertiary/aromatic N) is 2. The fraction of sp³-hybridized carbons (Fsp3) is 0. The van der Waals surface area contributed by atoms with Crippen LogP contribution in [-0.4, -0.2) is 33.0 Å². The first-order chi connectivity index (χ1) is 18.7. The number of rotatable bonds is 4. The van der Waals surface area contributed by atoms with Crippen LogP contribution in [0.25, 0.3) is 0 Å². The summed E-state index contributed by atoms with van der Waals surface area (Å²) in [5.41, 5.74) is -2.52. The second-order valence-corrected chi connectivity index (χ2v) is 8.81. The minimum absolute atomic E-state index is 0.0142. The van der Waals surface area contributed by atoms with Crippen molar-refractivity contribution in [2.75, 3.05) is 5.32 Å². The van der Waals surface area contributed by atoms with E-state index in [1.54, 1.807) is 12.1 Å². The zero-order valence-corrected chi connectivity index (χ0v) is 19.6. The summed E-state index contributed by atoms with van der Waals surface area (Å²) in [7, 11) is 0. The van der Waals surface area contributed by atoms with Crippen molar-refractivity contribution in [3.05, 3.63) is 138 Å². The molecule has 0 saturated carbocycles. The lowest BCUT2D eigenvalue weighted by Crippen LogP contribution is -2.25. The summed E-state index contributed by atoms with van der Waals surface area (Å²) in [6.07, 6.45) is 0. The van der Waals surface area contributed by atoms with Gasteiger partial charge in [-0.1, -0.05) is 48.5 Å². The molecule has 4 aromatic rings. The summed E-state index contributed by atoms with van der Waals surface area (Å²) in [5, 5.41) is 26.4. The van der Waals surface area contributed by atoms with Gasteiger partial charge in [0.2, 0.25) is 11.6 Å². The molecule has 2 aliphatic rings. The number of carbonyl (C=O) groups is 4. The number of hydrogen-bond donors (Lipinski definition) is 1. The number of nitro groups is 2. The van der Waals surface area contributed by atoms with E-state index in [1.165, 1.54) is 48.5 Å². The number of nitro benzene ring substituents is 2. The average molecular weight is 519 g/mol. The monoisotopic (exact) mass is 519 g/mol. The van der Waals surface area contributed by atoms with Gasteiger partial charge >= 0.3 is 0 Å². The van der Waals surface area contributed by atoms with E-state index in [4.69, 9.17) is 0 Å². The van der Waals surface area contributed by atoms with Crippen LogP contribution in [0.5, 0.6) is 0 Å². The number of benzene rings is 4. The van der Waals surface area contributed by atoms with Crippen molar-refractivity contribution >= 4 is 45.9 Å². The molecule has 6 rings (SSSR count). The molecule has 0 heterocycles. The number of nitrogens with one attached hydrogen (secondary N) is 1. The van der Waals surface area contributed by atoms with E-state index in [2.05, 4.69) is 5.32 Å². The van der Waals surface area contributed by atoms with Gasteiger partial charge in [0.1, 0.15) is 11.1 Å². The molecule has 0 spiro atoms. The zero-order valence-electron chi connectivity index (χ0n) is 19.6. The molecule has 0 bridgehead atoms. The highest BCUT2D eigenvalue weighted by atomic mass is 16.6. The second kappa shape index (κ2) is 8.35. The van der Waals surface area contributed by atoms with E-state index < -0.39 is 55.5 Å². The van der Waals surface area contributed by atoms with Gasteiger partial charge in [0.25, 0.3) is 11.4 Å². The summed E-state index contributed by atoms with van der Waals surface area (Å²) < 4.78 is 0. The van der Waals surface area contributed by atoms with Gasteiger partial charge < -0.3 is 5.32 Å². The van der Waals surface area contributed by atoms with Gasteiger partial charge in [0.05, 0.1) is 32.3 Å². The molecular weight excluding hydrogens is 506 g/mol. The third kappa shape index (κ3) is 3.30. The number of carbonyl (C=O) groups excluding carboxylic acids is 4. The molecule has 4 aromatic carbocycles. The maximum absolute atomic E-state index is 13.5. The molecule has 2 aliphatic carbocycles. The van der Waals surface area contributed by atoms with Crippen molar-refractivity contribution in [3.63, 3.8) is 0 Å². The highest BCUT2D eigenvalue weighted by molar-refractivity contribution is 6.33. The molecule has 11 nitrogen and oxygen atoms in total. The lowest BCUT2D eigenvalue weighted by Gasteiger charge is -2.23. The Morgan fingerprint density at radius 3 is 1.08 bits per heavy atom. The van der Waals surface area contributed by atoms with Crippen LogP contribution in [0, 0.1) is 20.2 Å². The minimum Gasteiger partial charge on any atom is -0.354 e. The van der Waals surface area contributed by atoms with E-state index in [0.29, 0.717) is 0 Å². The molecule has 0 radical (unpaired) electrons. The van der Waals surface area contributed by atoms with Crippen LogP contribution in [0.3, 0.4) is 0 Å². The highest BCUT2D eigenvalue weighted by Gasteiger charge is 2.40. The number of fused-ring (bicyclic) bond motifs is 4. The Morgan fingerprint density at radius 2 is 0.769 bits per heavy atom. The van der Waals surface area contributed by atoms with Gasteiger partial charge in [-0.2, -0.15) is 0 Å². The lowest BCUT2D eigenvalue weighted by atomic mass is 9.81. The molecule has 0 saturated heterocycles. The van der Waals surface area contributed by atoms with Gasteiger partial charge in [-0.3, -0.25) is 39.4 Å². The molecular formula is C28H13N3O8. The third-order valence-electron chi connectivity index (χ3n) is 6.77. The normalized spacial score (nSPS) is 13.2. The Kier molecular flexibility index (Phi) is 5.04. The smallest absolute Gasteiger partial charge is 0.281 e. The molecule has 0 amide bonds. The summed E-state index contributed by atoms with van der Waals surface area (Å²) in [6, 6.07) is 16.4. The number of hydrogen-bond acceptors (Lipinski definition) is 9. The second-order valence-electron chi connectivity index (χ2n) is 8.81. The Hall–Kier alpha value is -5.84.